The number of fused-ring (bicyclic) bond motifs is 2. The second-order valence-electron chi connectivity index (χ2n) is 10.2. The lowest BCUT2D eigenvalue weighted by Crippen LogP contribution is -2.54. The van der Waals surface area contributed by atoms with Gasteiger partial charge in [-0.1, -0.05) is 50.5 Å². The summed E-state index contributed by atoms with van der Waals surface area (Å²) < 4.78 is 70.2. The van der Waals surface area contributed by atoms with E-state index >= 15 is 0 Å². The SMILES string of the molecule is CCCN=S(=O)(N[C@@H]1CCCCC[C@@H](N2c3ccccc3Oc3ccccc32)[C@H]1O)c1ccc(OC(F)(F)F)cc1. The minimum atomic E-state index is -4.83. The van der Waals surface area contributed by atoms with E-state index < -0.39 is 34.2 Å². The Balaban J connectivity index is 1.49. The van der Waals surface area contributed by atoms with Crippen LogP contribution in [0.2, 0.25) is 0 Å². The average molecular weight is 590 g/mol. The molecule has 1 aliphatic heterocycles. The highest BCUT2D eigenvalue weighted by molar-refractivity contribution is 7.91. The van der Waals surface area contributed by atoms with Crippen LogP contribution >= 0.6 is 0 Å². The smallest absolute Gasteiger partial charge is 0.453 e. The molecule has 2 N–H and O–H groups in total. The maximum absolute atomic E-state index is 14.3. The predicted molar refractivity (Wildman–Crippen MR) is 152 cm³/mol. The number of para-hydroxylation sites is 4. The highest BCUT2D eigenvalue weighted by Crippen LogP contribution is 2.48. The number of alkyl halides is 3. The van der Waals surface area contributed by atoms with Crippen molar-refractivity contribution >= 4 is 21.3 Å². The van der Waals surface area contributed by atoms with Gasteiger partial charge in [0, 0.05) is 12.6 Å². The zero-order valence-corrected chi connectivity index (χ0v) is 23.5. The van der Waals surface area contributed by atoms with Crippen molar-refractivity contribution in [3.8, 4) is 17.2 Å². The van der Waals surface area contributed by atoms with Crippen LogP contribution in [-0.4, -0.2) is 40.4 Å². The van der Waals surface area contributed by atoms with Crippen LogP contribution in [0.4, 0.5) is 24.5 Å². The van der Waals surface area contributed by atoms with Gasteiger partial charge in [-0.3, -0.25) is 0 Å². The number of halogens is 3. The highest BCUT2D eigenvalue weighted by Gasteiger charge is 2.39. The Morgan fingerprint density at radius 2 is 1.59 bits per heavy atom. The summed E-state index contributed by atoms with van der Waals surface area (Å²) in [6.45, 7) is 2.18. The van der Waals surface area contributed by atoms with Crippen LogP contribution in [0.3, 0.4) is 0 Å². The Morgan fingerprint density at radius 1 is 0.976 bits per heavy atom. The van der Waals surface area contributed by atoms with Crippen molar-refractivity contribution in [1.29, 1.82) is 0 Å². The summed E-state index contributed by atoms with van der Waals surface area (Å²) in [5.74, 6) is 0.968. The summed E-state index contributed by atoms with van der Waals surface area (Å²) in [7, 11) is -3.29. The second kappa shape index (κ2) is 12.3. The van der Waals surface area contributed by atoms with Gasteiger partial charge in [-0.15, -0.1) is 13.2 Å². The largest absolute Gasteiger partial charge is 0.573 e. The molecule has 220 valence electrons. The molecule has 0 bridgehead atoms. The molecule has 1 fully saturated rings. The summed E-state index contributed by atoms with van der Waals surface area (Å²) in [5.41, 5.74) is 1.68. The highest BCUT2D eigenvalue weighted by atomic mass is 32.2. The van der Waals surface area contributed by atoms with Crippen LogP contribution in [0.5, 0.6) is 17.2 Å². The third-order valence-electron chi connectivity index (χ3n) is 7.31. The number of hydrogen-bond acceptors (Lipinski definition) is 6. The fourth-order valence-electron chi connectivity index (χ4n) is 5.44. The Hall–Kier alpha value is -3.28. The van der Waals surface area contributed by atoms with Crippen molar-refractivity contribution in [3.05, 3.63) is 72.8 Å². The molecule has 3 aromatic carbocycles. The molecular formula is C30H34F3N3O4S. The molecule has 7 nitrogen and oxygen atoms in total. The monoisotopic (exact) mass is 589 g/mol. The average Bonchev–Trinajstić information content (AvgIpc) is 2.95. The summed E-state index contributed by atoms with van der Waals surface area (Å²) in [6, 6.07) is 19.3. The molecule has 0 amide bonds. The minimum Gasteiger partial charge on any atom is -0.453 e. The molecule has 0 radical (unpaired) electrons. The molecule has 5 rings (SSSR count). The van der Waals surface area contributed by atoms with Gasteiger partial charge >= 0.3 is 6.36 Å². The van der Waals surface area contributed by atoms with E-state index in [1.807, 2.05) is 55.5 Å². The predicted octanol–water partition coefficient (Wildman–Crippen LogP) is 7.33. The maximum atomic E-state index is 14.3. The molecule has 1 aliphatic carbocycles. The zero-order valence-electron chi connectivity index (χ0n) is 22.7. The van der Waals surface area contributed by atoms with Gasteiger partial charge in [0.15, 0.2) is 11.5 Å². The van der Waals surface area contributed by atoms with Crippen LogP contribution in [-0.2, 0) is 9.92 Å². The Bertz CT molecular complexity index is 1410. The number of nitrogens with one attached hydrogen (secondary N) is 1. The van der Waals surface area contributed by atoms with E-state index in [0.29, 0.717) is 30.8 Å². The van der Waals surface area contributed by atoms with Crippen LogP contribution in [0.1, 0.15) is 45.4 Å². The molecule has 1 saturated carbocycles. The zero-order chi connectivity index (χ0) is 29.0. The fraction of sp³-hybridized carbons (Fsp3) is 0.400. The topological polar surface area (TPSA) is 83.4 Å². The van der Waals surface area contributed by atoms with Gasteiger partial charge in [0.2, 0.25) is 0 Å². The minimum absolute atomic E-state index is 0.230. The van der Waals surface area contributed by atoms with E-state index in [4.69, 9.17) is 4.74 Å². The van der Waals surface area contributed by atoms with Crippen molar-refractivity contribution in [3.63, 3.8) is 0 Å². The molecule has 0 saturated heterocycles. The molecule has 2 aliphatic rings. The lowest BCUT2D eigenvalue weighted by atomic mass is 9.89. The summed E-state index contributed by atoms with van der Waals surface area (Å²) in [4.78, 5) is 2.35. The van der Waals surface area contributed by atoms with Crippen molar-refractivity contribution < 1.29 is 32.0 Å². The molecule has 1 unspecified atom stereocenters. The lowest BCUT2D eigenvalue weighted by molar-refractivity contribution is -0.274. The Morgan fingerprint density at radius 3 is 2.20 bits per heavy atom. The molecule has 0 aromatic heterocycles. The van der Waals surface area contributed by atoms with Crippen molar-refractivity contribution in [2.24, 2.45) is 4.36 Å². The number of rotatable bonds is 7. The number of aliphatic hydroxyl groups excluding tert-OH is 1. The molecule has 0 spiro atoms. The van der Waals surface area contributed by atoms with Gasteiger partial charge in [-0.05, 0) is 67.8 Å². The number of hydrogen-bond donors (Lipinski definition) is 2. The first-order valence-electron chi connectivity index (χ1n) is 13.9. The van der Waals surface area contributed by atoms with E-state index in [0.717, 1.165) is 42.8 Å². The standard InChI is InChI=1S/C30H34F3N3O4S/c1-2-20-34-41(38,22-18-16-21(17-19-22)40-30(31,32)33)35-23-10-4-3-5-13-26(29(23)37)36-24-11-6-8-14-27(24)39-28-15-9-7-12-25(28)36/h6-9,11-12,14-19,23,26,29,37H,2-5,10,13,20H2,1H3,(H,34,35,38)/t23-,26-,29+,41?/m1/s1. The van der Waals surface area contributed by atoms with Crippen LogP contribution in [0.15, 0.2) is 82.1 Å². The normalized spacial score (nSPS) is 22.3. The maximum Gasteiger partial charge on any atom is 0.573 e. The number of benzene rings is 3. The van der Waals surface area contributed by atoms with Gasteiger partial charge < -0.3 is 19.5 Å². The van der Waals surface area contributed by atoms with Crippen LogP contribution < -0.4 is 19.1 Å². The number of nitrogens with zero attached hydrogens (tertiary/aromatic N) is 2. The molecule has 1 heterocycles. The fourth-order valence-corrected chi connectivity index (χ4v) is 7.41. The Kier molecular flexibility index (Phi) is 8.77. The summed E-state index contributed by atoms with van der Waals surface area (Å²) in [5, 5.41) is 12.0. The number of ether oxygens (including phenoxy) is 2. The number of aliphatic hydroxyl groups is 1. The van der Waals surface area contributed by atoms with E-state index in [2.05, 4.69) is 18.7 Å². The quantitative estimate of drug-likeness (QED) is 0.302. The molecular weight excluding hydrogens is 555 g/mol. The third-order valence-corrected chi connectivity index (χ3v) is 9.39. The molecule has 11 heteroatoms. The first-order valence-corrected chi connectivity index (χ1v) is 15.4. The summed E-state index contributed by atoms with van der Waals surface area (Å²) >= 11 is 0. The molecule has 41 heavy (non-hydrogen) atoms. The molecule has 3 aromatic rings. The van der Waals surface area contributed by atoms with E-state index in [1.165, 1.54) is 12.1 Å². The third kappa shape index (κ3) is 6.63. The van der Waals surface area contributed by atoms with Gasteiger partial charge in [0.05, 0.1) is 28.4 Å². The first-order chi connectivity index (χ1) is 19.7. The van der Waals surface area contributed by atoms with Gasteiger partial charge in [0.25, 0.3) is 0 Å². The Labute approximate surface area is 238 Å². The van der Waals surface area contributed by atoms with Crippen LogP contribution in [0.25, 0.3) is 0 Å². The van der Waals surface area contributed by atoms with Crippen molar-refractivity contribution in [1.82, 2.24) is 4.72 Å². The van der Waals surface area contributed by atoms with Gasteiger partial charge in [-0.25, -0.2) is 13.3 Å². The van der Waals surface area contributed by atoms with Gasteiger partial charge in [-0.2, -0.15) is 0 Å². The van der Waals surface area contributed by atoms with Crippen molar-refractivity contribution in [2.45, 2.75) is 74.9 Å². The molecule has 4 atom stereocenters. The van der Waals surface area contributed by atoms with Crippen molar-refractivity contribution in [2.75, 3.05) is 11.4 Å². The summed E-state index contributed by atoms with van der Waals surface area (Å²) in [6.07, 6.45) is -1.23. The second-order valence-corrected chi connectivity index (χ2v) is 12.2. The van der Waals surface area contributed by atoms with Gasteiger partial charge in [0.1, 0.15) is 15.7 Å². The van der Waals surface area contributed by atoms with E-state index in [-0.39, 0.29) is 17.5 Å². The van der Waals surface area contributed by atoms with E-state index in [1.54, 1.807) is 0 Å². The number of anilines is 2. The van der Waals surface area contributed by atoms with Crippen LogP contribution in [0, 0.1) is 0 Å². The lowest BCUT2D eigenvalue weighted by Gasteiger charge is -2.43. The van der Waals surface area contributed by atoms with E-state index in [9.17, 15) is 22.5 Å². The first kappa shape index (κ1) is 29.2.